The van der Waals surface area contributed by atoms with Crippen molar-refractivity contribution < 1.29 is 9.21 Å². The molecule has 154 valence electrons. The molecule has 0 radical (unpaired) electrons. The number of benzene rings is 2. The summed E-state index contributed by atoms with van der Waals surface area (Å²) in [6.07, 6.45) is 4.11. The second kappa shape index (κ2) is 7.61. The quantitative estimate of drug-likeness (QED) is 0.528. The van der Waals surface area contributed by atoms with Crippen LogP contribution in [0.15, 0.2) is 47.2 Å². The molecular weight excluding hydrogens is 376 g/mol. The number of aromatic nitrogens is 2. The van der Waals surface area contributed by atoms with Gasteiger partial charge >= 0.3 is 0 Å². The highest BCUT2D eigenvalue weighted by Gasteiger charge is 2.23. The summed E-state index contributed by atoms with van der Waals surface area (Å²) < 4.78 is 7.93. The van der Waals surface area contributed by atoms with E-state index in [4.69, 9.17) is 4.42 Å². The number of nitrogens with zero attached hydrogens (tertiary/aromatic N) is 3. The van der Waals surface area contributed by atoms with E-state index in [1.165, 1.54) is 16.4 Å². The second-order valence-electron chi connectivity index (χ2n) is 7.74. The molecule has 0 saturated carbocycles. The Morgan fingerprint density at radius 3 is 2.77 bits per heavy atom. The first-order valence-corrected chi connectivity index (χ1v) is 10.7. The van der Waals surface area contributed by atoms with Gasteiger partial charge < -0.3 is 19.2 Å². The van der Waals surface area contributed by atoms with E-state index in [0.29, 0.717) is 12.4 Å². The summed E-state index contributed by atoms with van der Waals surface area (Å²) in [6, 6.07) is 10.5. The molecule has 6 nitrogen and oxygen atoms in total. The average molecular weight is 402 g/mol. The third-order valence-electron chi connectivity index (χ3n) is 6.26. The number of hydrogen-bond donors (Lipinski definition) is 1. The zero-order valence-corrected chi connectivity index (χ0v) is 17.4. The maximum Gasteiger partial charge on any atom is 0.251 e. The molecule has 5 rings (SSSR count). The summed E-state index contributed by atoms with van der Waals surface area (Å²) in [6.45, 7) is 9.06. The average Bonchev–Trinajstić information content (AvgIpc) is 3.41. The topological polar surface area (TPSA) is 63.3 Å². The van der Waals surface area contributed by atoms with Crippen molar-refractivity contribution in [2.24, 2.45) is 0 Å². The SMILES string of the molecule is CCN(CC)CCn1c2ccc(-c3ncco3)cc2c2c3c(ccc21)C(=O)NCC3. The largest absolute Gasteiger partial charge is 0.445 e. The summed E-state index contributed by atoms with van der Waals surface area (Å²) in [4.78, 5) is 19.2. The van der Waals surface area contributed by atoms with Crippen molar-refractivity contribution in [2.45, 2.75) is 26.8 Å². The number of amides is 1. The van der Waals surface area contributed by atoms with Crippen LogP contribution in [0.5, 0.6) is 0 Å². The number of hydrogen-bond acceptors (Lipinski definition) is 4. The zero-order chi connectivity index (χ0) is 20.7. The lowest BCUT2D eigenvalue weighted by Gasteiger charge is -2.20. The number of nitrogens with one attached hydrogen (secondary N) is 1. The Hall–Kier alpha value is -3.12. The van der Waals surface area contributed by atoms with Crippen molar-refractivity contribution in [1.29, 1.82) is 0 Å². The van der Waals surface area contributed by atoms with Crippen LogP contribution in [0.25, 0.3) is 33.3 Å². The summed E-state index contributed by atoms with van der Waals surface area (Å²) in [7, 11) is 0. The lowest BCUT2D eigenvalue weighted by Crippen LogP contribution is -2.31. The molecule has 30 heavy (non-hydrogen) atoms. The van der Waals surface area contributed by atoms with Gasteiger partial charge in [0.1, 0.15) is 6.26 Å². The van der Waals surface area contributed by atoms with Gasteiger partial charge in [0, 0.05) is 52.6 Å². The fourth-order valence-electron chi connectivity index (χ4n) is 4.65. The molecule has 1 N–H and O–H groups in total. The Balaban J connectivity index is 1.75. The van der Waals surface area contributed by atoms with Crippen LogP contribution in [0.1, 0.15) is 29.8 Å². The molecule has 0 fully saturated rings. The molecule has 0 bridgehead atoms. The highest BCUT2D eigenvalue weighted by Crippen LogP contribution is 2.36. The number of fused-ring (bicyclic) bond motifs is 5. The number of carbonyl (C=O) groups excluding carboxylic acids is 1. The van der Waals surface area contributed by atoms with Crippen molar-refractivity contribution in [3.63, 3.8) is 0 Å². The normalized spacial score (nSPS) is 13.9. The van der Waals surface area contributed by atoms with Crippen molar-refractivity contribution in [2.75, 3.05) is 26.2 Å². The molecule has 0 aliphatic carbocycles. The van der Waals surface area contributed by atoms with Crippen LogP contribution in [0.3, 0.4) is 0 Å². The monoisotopic (exact) mass is 402 g/mol. The highest BCUT2D eigenvalue weighted by atomic mass is 16.3. The van der Waals surface area contributed by atoms with E-state index < -0.39 is 0 Å². The second-order valence-corrected chi connectivity index (χ2v) is 7.74. The Morgan fingerprint density at radius 1 is 1.17 bits per heavy atom. The molecule has 0 saturated heterocycles. The summed E-state index contributed by atoms with van der Waals surface area (Å²) in [5, 5.41) is 5.31. The van der Waals surface area contributed by atoms with Crippen molar-refractivity contribution in [3.05, 3.63) is 53.9 Å². The smallest absolute Gasteiger partial charge is 0.251 e. The maximum absolute atomic E-state index is 12.5. The fourth-order valence-corrected chi connectivity index (χ4v) is 4.65. The van der Waals surface area contributed by atoms with Gasteiger partial charge in [0.2, 0.25) is 5.89 Å². The van der Waals surface area contributed by atoms with E-state index in [-0.39, 0.29) is 5.91 Å². The molecule has 1 aliphatic heterocycles. The van der Waals surface area contributed by atoms with E-state index in [1.807, 2.05) is 6.07 Å². The molecule has 2 aromatic heterocycles. The first-order chi connectivity index (χ1) is 14.7. The third kappa shape index (κ3) is 2.99. The van der Waals surface area contributed by atoms with Crippen LogP contribution >= 0.6 is 0 Å². The van der Waals surface area contributed by atoms with Gasteiger partial charge in [-0.05, 0) is 55.4 Å². The summed E-state index contributed by atoms with van der Waals surface area (Å²) in [5.41, 5.74) is 5.26. The number of likely N-dealkylation sites (N-methyl/N-ethyl adjacent to an activating group) is 1. The molecule has 0 atom stereocenters. The van der Waals surface area contributed by atoms with Gasteiger partial charge in [0.05, 0.1) is 6.20 Å². The van der Waals surface area contributed by atoms with E-state index in [0.717, 1.165) is 54.7 Å². The Morgan fingerprint density at radius 2 is 2.00 bits per heavy atom. The van der Waals surface area contributed by atoms with Crippen LogP contribution in [0.4, 0.5) is 0 Å². The zero-order valence-electron chi connectivity index (χ0n) is 17.4. The Kier molecular flexibility index (Phi) is 4.79. The maximum atomic E-state index is 12.5. The minimum atomic E-state index is 0.0195. The van der Waals surface area contributed by atoms with Crippen molar-refractivity contribution in [3.8, 4) is 11.5 Å². The molecule has 0 spiro atoms. The van der Waals surface area contributed by atoms with Gasteiger partial charge in [0.15, 0.2) is 0 Å². The molecule has 1 aliphatic rings. The van der Waals surface area contributed by atoms with Crippen LogP contribution in [-0.2, 0) is 13.0 Å². The van der Waals surface area contributed by atoms with Crippen LogP contribution in [0.2, 0.25) is 0 Å². The minimum absolute atomic E-state index is 0.0195. The van der Waals surface area contributed by atoms with E-state index in [1.54, 1.807) is 12.5 Å². The number of oxazole rings is 1. The molecular formula is C24H26N4O2. The van der Waals surface area contributed by atoms with Crippen molar-refractivity contribution >= 4 is 27.7 Å². The van der Waals surface area contributed by atoms with Crippen LogP contribution < -0.4 is 5.32 Å². The Labute approximate surface area is 175 Å². The van der Waals surface area contributed by atoms with Crippen LogP contribution in [0, 0.1) is 0 Å². The molecule has 1 amide bonds. The predicted molar refractivity (Wildman–Crippen MR) is 119 cm³/mol. The third-order valence-corrected chi connectivity index (χ3v) is 6.26. The highest BCUT2D eigenvalue weighted by molar-refractivity contribution is 6.14. The molecule has 6 heteroatoms. The lowest BCUT2D eigenvalue weighted by molar-refractivity contribution is 0.0946. The molecule has 3 heterocycles. The van der Waals surface area contributed by atoms with E-state index in [9.17, 15) is 4.79 Å². The molecule has 4 aromatic rings. The minimum Gasteiger partial charge on any atom is -0.445 e. The van der Waals surface area contributed by atoms with Gasteiger partial charge in [-0.25, -0.2) is 4.98 Å². The first-order valence-electron chi connectivity index (χ1n) is 10.7. The van der Waals surface area contributed by atoms with Crippen LogP contribution in [-0.4, -0.2) is 46.5 Å². The molecule has 2 aromatic carbocycles. The van der Waals surface area contributed by atoms with Gasteiger partial charge in [0.25, 0.3) is 5.91 Å². The van der Waals surface area contributed by atoms with Gasteiger partial charge in [-0.3, -0.25) is 4.79 Å². The standard InChI is InChI=1S/C24H26N4O2/c1-3-27(4-2)12-13-28-20-7-5-16(24-26-11-14-30-24)15-19(20)22-17-9-10-25-23(29)18(17)6-8-21(22)28/h5-8,11,14-15H,3-4,9-10,12-13H2,1-2H3,(H,25,29). The van der Waals surface area contributed by atoms with Gasteiger partial charge in [-0.2, -0.15) is 0 Å². The van der Waals surface area contributed by atoms with E-state index in [2.05, 4.69) is 57.9 Å². The summed E-state index contributed by atoms with van der Waals surface area (Å²) >= 11 is 0. The fraction of sp³-hybridized carbons (Fsp3) is 0.333. The van der Waals surface area contributed by atoms with Crippen molar-refractivity contribution in [1.82, 2.24) is 19.8 Å². The van der Waals surface area contributed by atoms with Gasteiger partial charge in [-0.1, -0.05) is 13.8 Å². The number of carbonyl (C=O) groups is 1. The van der Waals surface area contributed by atoms with Gasteiger partial charge in [-0.15, -0.1) is 0 Å². The van der Waals surface area contributed by atoms with E-state index >= 15 is 0 Å². The first kappa shape index (κ1) is 18.9. The lowest BCUT2D eigenvalue weighted by atomic mass is 9.94. The predicted octanol–water partition coefficient (Wildman–Crippen LogP) is 4.08. The Bertz CT molecular complexity index is 1220. The summed E-state index contributed by atoms with van der Waals surface area (Å²) in [5.74, 6) is 0.634. The number of rotatable bonds is 6. The molecule has 0 unspecified atom stereocenters.